The van der Waals surface area contributed by atoms with Crippen LogP contribution >= 0.6 is 11.3 Å². The van der Waals surface area contributed by atoms with Crippen LogP contribution in [0.2, 0.25) is 0 Å². The Morgan fingerprint density at radius 2 is 1.89 bits per heavy atom. The smallest absolute Gasteiger partial charge is 0.214 e. The van der Waals surface area contributed by atoms with Gasteiger partial charge in [-0.05, 0) is 63.2 Å². The van der Waals surface area contributed by atoms with Gasteiger partial charge in [0.25, 0.3) is 0 Å². The number of piperidine rings is 2. The van der Waals surface area contributed by atoms with Crippen molar-refractivity contribution in [2.45, 2.75) is 38.1 Å². The van der Waals surface area contributed by atoms with Crippen LogP contribution in [-0.4, -0.2) is 84.6 Å². The Morgan fingerprint density at radius 3 is 2.57 bits per heavy atom. The molecule has 2 aliphatic heterocycles. The van der Waals surface area contributed by atoms with Gasteiger partial charge in [-0.15, -0.1) is 0 Å². The zero-order valence-electron chi connectivity index (χ0n) is 20.5. The Labute approximate surface area is 219 Å². The van der Waals surface area contributed by atoms with Crippen LogP contribution in [0.15, 0.2) is 18.2 Å². The molecule has 2 aromatic rings. The number of carbonyl (C=O) groups excluding carboxylic acids is 1. The lowest BCUT2D eigenvalue weighted by atomic mass is 9.99. The Morgan fingerprint density at radius 1 is 1.19 bits per heavy atom. The van der Waals surface area contributed by atoms with Gasteiger partial charge in [-0.2, -0.15) is 0 Å². The summed E-state index contributed by atoms with van der Waals surface area (Å²) in [7, 11) is -3.37. The number of hydrogen-bond donors (Lipinski definition) is 3. The van der Waals surface area contributed by atoms with Crippen molar-refractivity contribution >= 4 is 38.1 Å². The molecule has 0 bridgehead atoms. The van der Waals surface area contributed by atoms with Crippen molar-refractivity contribution in [3.8, 4) is 0 Å². The van der Waals surface area contributed by atoms with Crippen LogP contribution in [0.3, 0.4) is 0 Å². The zero-order valence-corrected chi connectivity index (χ0v) is 22.2. The zero-order chi connectivity index (χ0) is 26.6. The monoisotopic (exact) mass is 557 g/mol. The molecular formula is C24H33F2N5O4S2. The predicted octanol–water partition coefficient (Wildman–Crippen LogP) is 2.54. The van der Waals surface area contributed by atoms with Gasteiger partial charge in [0.1, 0.15) is 22.3 Å². The maximum absolute atomic E-state index is 14.0. The van der Waals surface area contributed by atoms with Crippen molar-refractivity contribution in [3.63, 3.8) is 0 Å². The highest BCUT2D eigenvalue weighted by Gasteiger charge is 2.30. The van der Waals surface area contributed by atoms with Crippen LogP contribution in [0, 0.1) is 17.6 Å². The maximum Gasteiger partial charge on any atom is 0.214 e. The first-order valence-corrected chi connectivity index (χ1v) is 14.9. The molecule has 13 heteroatoms. The summed E-state index contributed by atoms with van der Waals surface area (Å²) in [4.78, 5) is 19.0. The first kappa shape index (κ1) is 27.8. The molecule has 1 aromatic carbocycles. The molecule has 3 heterocycles. The normalized spacial score (nSPS) is 20.2. The quantitative estimate of drug-likeness (QED) is 0.380. The number of likely N-dealkylation sites (tertiary alicyclic amines) is 1. The minimum Gasteiger partial charge on any atom is -0.396 e. The van der Waals surface area contributed by atoms with E-state index in [-0.39, 0.29) is 35.0 Å². The van der Waals surface area contributed by atoms with E-state index in [4.69, 9.17) is 5.73 Å². The van der Waals surface area contributed by atoms with Crippen LogP contribution in [0.25, 0.3) is 0 Å². The summed E-state index contributed by atoms with van der Waals surface area (Å²) in [5.74, 6) is -2.54. The third-order valence-electron chi connectivity index (χ3n) is 6.96. The molecule has 2 fully saturated rings. The number of nitrogens with one attached hydrogen (secondary N) is 1. The van der Waals surface area contributed by atoms with E-state index in [9.17, 15) is 27.1 Å². The first-order valence-electron chi connectivity index (χ1n) is 12.5. The average molecular weight is 558 g/mol. The molecule has 1 atom stereocenters. The van der Waals surface area contributed by atoms with Crippen LogP contribution in [0.5, 0.6) is 0 Å². The molecule has 4 rings (SSSR count). The predicted molar refractivity (Wildman–Crippen MR) is 139 cm³/mol. The molecule has 4 N–H and O–H groups in total. The van der Waals surface area contributed by atoms with Gasteiger partial charge in [-0.25, -0.2) is 26.5 Å². The number of anilines is 2. The molecule has 0 aliphatic carbocycles. The Hall–Kier alpha value is -2.19. The summed E-state index contributed by atoms with van der Waals surface area (Å²) in [6.07, 6.45) is 3.70. The van der Waals surface area contributed by atoms with Gasteiger partial charge in [0.2, 0.25) is 15.8 Å². The molecular weight excluding hydrogens is 524 g/mol. The second kappa shape index (κ2) is 12.1. The topological polar surface area (TPSA) is 129 Å². The van der Waals surface area contributed by atoms with Crippen molar-refractivity contribution in [2.24, 2.45) is 5.92 Å². The number of aliphatic hydroxyl groups excluding tert-OH is 1. The Balaban J connectivity index is 1.27. The van der Waals surface area contributed by atoms with E-state index < -0.39 is 33.0 Å². The molecule has 2 aliphatic rings. The number of nitrogens with zero attached hydrogens (tertiary/aromatic N) is 3. The number of hydrogen-bond acceptors (Lipinski definition) is 9. The summed E-state index contributed by atoms with van der Waals surface area (Å²) in [5, 5.41) is 12.9. The lowest BCUT2D eigenvalue weighted by Gasteiger charge is -2.33. The molecule has 0 saturated carbocycles. The molecule has 9 nitrogen and oxygen atoms in total. The van der Waals surface area contributed by atoms with E-state index >= 15 is 0 Å². The minimum atomic E-state index is -3.37. The van der Waals surface area contributed by atoms with Crippen LogP contribution in [0.1, 0.15) is 47.3 Å². The highest BCUT2D eigenvalue weighted by atomic mass is 32.2. The molecule has 0 amide bonds. The summed E-state index contributed by atoms with van der Waals surface area (Å²) in [5.41, 5.74) is 5.20. The summed E-state index contributed by atoms with van der Waals surface area (Å²) < 4.78 is 55.3. The molecule has 0 spiro atoms. The summed E-state index contributed by atoms with van der Waals surface area (Å²) >= 11 is 0.924. The standard InChI is InChI=1S/C24H33F2N5O4S2/c25-18-5-1-6-19(26)20(18)21(33)22-23(27)29-24(36-22)28-17-7-11-31(12-8-17)37(34,35)13-3-10-30-9-2-4-16(14-30)15-32/h1,5-6,16-17,32H,2-4,7-15,27H2,(H,28,29). The fourth-order valence-electron chi connectivity index (χ4n) is 4.94. The number of aliphatic hydroxyl groups is 1. The second-order valence-electron chi connectivity index (χ2n) is 9.64. The number of aromatic nitrogens is 1. The van der Waals surface area contributed by atoms with E-state index in [1.54, 1.807) is 0 Å². The van der Waals surface area contributed by atoms with Crippen molar-refractivity contribution < 1.29 is 27.1 Å². The highest BCUT2D eigenvalue weighted by Crippen LogP contribution is 2.30. The van der Waals surface area contributed by atoms with Gasteiger partial charge in [0.05, 0.1) is 11.3 Å². The van der Waals surface area contributed by atoms with Gasteiger partial charge in [-0.1, -0.05) is 17.4 Å². The number of ketones is 1. The molecule has 204 valence electrons. The van der Waals surface area contributed by atoms with E-state index in [0.29, 0.717) is 44.0 Å². The number of rotatable bonds is 10. The molecule has 1 unspecified atom stereocenters. The number of nitrogens with two attached hydrogens (primary N) is 1. The lowest BCUT2D eigenvalue weighted by molar-refractivity contribution is 0.103. The number of carbonyl (C=O) groups is 1. The molecule has 1 aromatic heterocycles. The highest BCUT2D eigenvalue weighted by molar-refractivity contribution is 7.89. The molecule has 37 heavy (non-hydrogen) atoms. The fraction of sp³-hybridized carbons (Fsp3) is 0.583. The average Bonchev–Trinajstić information content (AvgIpc) is 3.24. The van der Waals surface area contributed by atoms with E-state index in [1.165, 1.54) is 10.4 Å². The lowest BCUT2D eigenvalue weighted by Crippen LogP contribution is -2.44. The van der Waals surface area contributed by atoms with Crippen LogP contribution < -0.4 is 11.1 Å². The van der Waals surface area contributed by atoms with E-state index in [0.717, 1.165) is 49.4 Å². The fourth-order valence-corrected chi connectivity index (χ4v) is 7.37. The maximum atomic E-state index is 14.0. The van der Waals surface area contributed by atoms with Crippen molar-refractivity contribution in [1.82, 2.24) is 14.2 Å². The second-order valence-corrected chi connectivity index (χ2v) is 12.7. The third kappa shape index (κ3) is 6.82. The van der Waals surface area contributed by atoms with Gasteiger partial charge >= 0.3 is 0 Å². The van der Waals surface area contributed by atoms with E-state index in [1.807, 2.05) is 0 Å². The van der Waals surface area contributed by atoms with Gasteiger partial charge < -0.3 is 21.1 Å². The number of benzene rings is 1. The minimum absolute atomic E-state index is 0.0504. The SMILES string of the molecule is Nc1nc(NC2CCN(S(=O)(=O)CCCN3CCCC(CO)C3)CC2)sc1C(=O)c1c(F)cccc1F. The number of halogens is 2. The van der Waals surface area contributed by atoms with E-state index in [2.05, 4.69) is 15.2 Å². The van der Waals surface area contributed by atoms with Crippen LogP contribution in [-0.2, 0) is 10.0 Å². The summed E-state index contributed by atoms with van der Waals surface area (Å²) in [6.45, 7) is 3.37. The van der Waals surface area contributed by atoms with Gasteiger partial charge in [0.15, 0.2) is 5.13 Å². The first-order chi connectivity index (χ1) is 17.7. The number of nitrogen functional groups attached to an aromatic ring is 1. The van der Waals surface area contributed by atoms with Crippen LogP contribution in [0.4, 0.5) is 19.7 Å². The third-order valence-corrected chi connectivity index (χ3v) is 9.92. The summed E-state index contributed by atoms with van der Waals surface area (Å²) in [6, 6.07) is 3.12. The number of thiazole rings is 1. The largest absolute Gasteiger partial charge is 0.396 e. The van der Waals surface area contributed by atoms with Crippen molar-refractivity contribution in [1.29, 1.82) is 0 Å². The van der Waals surface area contributed by atoms with Gasteiger partial charge in [-0.3, -0.25) is 4.79 Å². The molecule has 0 radical (unpaired) electrons. The molecule has 2 saturated heterocycles. The van der Waals surface area contributed by atoms with Gasteiger partial charge in [0, 0.05) is 32.3 Å². The Bertz CT molecular complexity index is 1180. The van der Waals surface area contributed by atoms with Crippen molar-refractivity contribution in [2.75, 3.05) is 56.1 Å². The van der Waals surface area contributed by atoms with Crippen molar-refractivity contribution in [3.05, 3.63) is 40.3 Å². The Kier molecular flexibility index (Phi) is 9.11. The number of sulfonamides is 1.